The number of hydrogen-bond acceptors (Lipinski definition) is 2. The van der Waals surface area contributed by atoms with Crippen LogP contribution in [0.2, 0.25) is 0 Å². The van der Waals surface area contributed by atoms with E-state index < -0.39 is 0 Å². The number of hydrogen-bond donors (Lipinski definition) is 2. The largest absolute Gasteiger partial charge is 0.396 e. The average molecular weight is 225 g/mol. The molecule has 0 heterocycles. The van der Waals surface area contributed by atoms with Crippen molar-refractivity contribution < 1.29 is 14.3 Å². The van der Waals surface area contributed by atoms with Crippen molar-refractivity contribution in [3.63, 3.8) is 0 Å². The highest BCUT2D eigenvalue weighted by Crippen LogP contribution is 2.09. The molecule has 1 aromatic carbocycles. The van der Waals surface area contributed by atoms with E-state index in [4.69, 9.17) is 5.11 Å². The van der Waals surface area contributed by atoms with E-state index in [2.05, 4.69) is 5.32 Å². The minimum atomic E-state index is -0.386. The van der Waals surface area contributed by atoms with Crippen LogP contribution in [0.5, 0.6) is 0 Å². The van der Waals surface area contributed by atoms with Gasteiger partial charge >= 0.3 is 0 Å². The first-order chi connectivity index (χ1) is 7.54. The van der Waals surface area contributed by atoms with Gasteiger partial charge in [-0.15, -0.1) is 0 Å². The lowest BCUT2D eigenvalue weighted by atomic mass is 10.1. The predicted octanol–water partition coefficient (Wildman–Crippen LogP) is 1.49. The van der Waals surface area contributed by atoms with Gasteiger partial charge in [-0.1, -0.05) is 13.0 Å². The van der Waals surface area contributed by atoms with E-state index in [1.807, 2.05) is 6.92 Å². The van der Waals surface area contributed by atoms with Crippen LogP contribution >= 0.6 is 0 Å². The highest BCUT2D eigenvalue weighted by Gasteiger charge is 2.09. The molecule has 1 rings (SSSR count). The van der Waals surface area contributed by atoms with Crippen LogP contribution in [0.3, 0.4) is 0 Å². The first-order valence-electron chi connectivity index (χ1n) is 5.19. The summed E-state index contributed by atoms with van der Waals surface area (Å²) in [5.74, 6) is -0.707. The molecule has 0 radical (unpaired) electrons. The second kappa shape index (κ2) is 5.61. The first-order valence-corrected chi connectivity index (χ1v) is 5.19. The molecule has 4 heteroatoms. The molecule has 0 aliphatic carbocycles. The topological polar surface area (TPSA) is 49.3 Å². The third-order valence-corrected chi connectivity index (χ3v) is 2.36. The van der Waals surface area contributed by atoms with Gasteiger partial charge in [-0.05, 0) is 30.5 Å². The number of benzene rings is 1. The maximum atomic E-state index is 13.2. The standard InChI is InChI=1S/C12H16FNO2/c1-8(7-15)6-14-12(16)10-4-3-9(2)11(13)5-10/h3-5,8,15H,6-7H2,1-2H3,(H,14,16). The number of amides is 1. The summed E-state index contributed by atoms with van der Waals surface area (Å²) in [5.41, 5.74) is 0.813. The van der Waals surface area contributed by atoms with E-state index in [9.17, 15) is 9.18 Å². The molecule has 0 saturated carbocycles. The van der Waals surface area contributed by atoms with Gasteiger partial charge in [0.25, 0.3) is 5.91 Å². The lowest BCUT2D eigenvalue weighted by Crippen LogP contribution is -2.29. The molecule has 2 N–H and O–H groups in total. The maximum Gasteiger partial charge on any atom is 0.251 e. The van der Waals surface area contributed by atoms with Gasteiger partial charge in [-0.25, -0.2) is 4.39 Å². The number of rotatable bonds is 4. The zero-order chi connectivity index (χ0) is 12.1. The Morgan fingerprint density at radius 3 is 2.81 bits per heavy atom. The van der Waals surface area contributed by atoms with Gasteiger partial charge < -0.3 is 10.4 Å². The van der Waals surface area contributed by atoms with Crippen LogP contribution in [0, 0.1) is 18.7 Å². The second-order valence-electron chi connectivity index (χ2n) is 3.96. The number of aryl methyl sites for hydroxylation is 1. The lowest BCUT2D eigenvalue weighted by Gasteiger charge is -2.09. The van der Waals surface area contributed by atoms with Crippen LogP contribution in [-0.2, 0) is 0 Å². The van der Waals surface area contributed by atoms with E-state index in [0.717, 1.165) is 0 Å². The van der Waals surface area contributed by atoms with Crippen LogP contribution < -0.4 is 5.32 Å². The average Bonchev–Trinajstić information content (AvgIpc) is 2.29. The summed E-state index contributed by atoms with van der Waals surface area (Å²) >= 11 is 0. The lowest BCUT2D eigenvalue weighted by molar-refractivity contribution is 0.0942. The number of aliphatic hydroxyl groups is 1. The van der Waals surface area contributed by atoms with Crippen molar-refractivity contribution in [2.45, 2.75) is 13.8 Å². The Hall–Kier alpha value is -1.42. The molecule has 1 atom stereocenters. The van der Waals surface area contributed by atoms with Crippen molar-refractivity contribution in [3.8, 4) is 0 Å². The molecule has 0 aromatic heterocycles. The third kappa shape index (κ3) is 3.31. The fourth-order valence-electron chi connectivity index (χ4n) is 1.17. The molecular formula is C12H16FNO2. The smallest absolute Gasteiger partial charge is 0.251 e. The fourth-order valence-corrected chi connectivity index (χ4v) is 1.17. The quantitative estimate of drug-likeness (QED) is 0.815. The Balaban J connectivity index is 2.63. The van der Waals surface area contributed by atoms with Gasteiger partial charge in [-0.2, -0.15) is 0 Å². The molecule has 1 aromatic rings. The van der Waals surface area contributed by atoms with E-state index in [0.29, 0.717) is 17.7 Å². The van der Waals surface area contributed by atoms with Gasteiger partial charge in [0.1, 0.15) is 5.82 Å². The normalized spacial score (nSPS) is 12.2. The molecule has 0 fully saturated rings. The SMILES string of the molecule is Cc1ccc(C(=O)NCC(C)CO)cc1F. The highest BCUT2D eigenvalue weighted by atomic mass is 19.1. The summed E-state index contributed by atoms with van der Waals surface area (Å²) in [6.07, 6.45) is 0. The van der Waals surface area contributed by atoms with Crippen LogP contribution in [-0.4, -0.2) is 24.2 Å². The molecule has 16 heavy (non-hydrogen) atoms. The molecule has 0 saturated heterocycles. The zero-order valence-electron chi connectivity index (χ0n) is 9.46. The molecule has 0 aliphatic heterocycles. The van der Waals surface area contributed by atoms with E-state index in [1.54, 1.807) is 19.1 Å². The van der Waals surface area contributed by atoms with Crippen LogP contribution in [0.4, 0.5) is 4.39 Å². The highest BCUT2D eigenvalue weighted by molar-refractivity contribution is 5.94. The van der Waals surface area contributed by atoms with Gasteiger partial charge in [0.05, 0.1) is 0 Å². The number of nitrogens with one attached hydrogen (secondary N) is 1. The van der Waals surface area contributed by atoms with E-state index in [-0.39, 0.29) is 24.2 Å². The molecule has 3 nitrogen and oxygen atoms in total. The summed E-state index contributed by atoms with van der Waals surface area (Å²) in [6.45, 7) is 3.86. The molecule has 0 spiro atoms. The minimum absolute atomic E-state index is 0.000699. The van der Waals surface area contributed by atoms with E-state index in [1.165, 1.54) is 6.07 Å². The van der Waals surface area contributed by atoms with Crippen molar-refractivity contribution in [1.29, 1.82) is 0 Å². The predicted molar refractivity (Wildman–Crippen MR) is 59.7 cm³/mol. The van der Waals surface area contributed by atoms with Crippen molar-refractivity contribution in [2.75, 3.05) is 13.2 Å². The van der Waals surface area contributed by atoms with Crippen LogP contribution in [0.25, 0.3) is 0 Å². The van der Waals surface area contributed by atoms with E-state index >= 15 is 0 Å². The fraction of sp³-hybridized carbons (Fsp3) is 0.417. The summed E-state index contributed by atoms with van der Waals surface area (Å²) in [4.78, 5) is 11.6. The maximum absolute atomic E-state index is 13.2. The number of aliphatic hydroxyl groups excluding tert-OH is 1. The molecule has 0 aliphatic rings. The molecular weight excluding hydrogens is 209 g/mol. The Morgan fingerprint density at radius 1 is 1.56 bits per heavy atom. The van der Waals surface area contributed by atoms with Gasteiger partial charge in [0, 0.05) is 18.7 Å². The van der Waals surface area contributed by atoms with Gasteiger partial charge in [0.15, 0.2) is 0 Å². The Kier molecular flexibility index (Phi) is 4.43. The second-order valence-corrected chi connectivity index (χ2v) is 3.96. The van der Waals surface area contributed by atoms with Crippen molar-refractivity contribution in [3.05, 3.63) is 35.1 Å². The molecule has 1 unspecified atom stereocenters. The van der Waals surface area contributed by atoms with Gasteiger partial charge in [0.2, 0.25) is 0 Å². The summed E-state index contributed by atoms with van der Waals surface area (Å²) < 4.78 is 13.2. The van der Waals surface area contributed by atoms with Crippen LogP contribution in [0.15, 0.2) is 18.2 Å². The molecule has 0 bridgehead atoms. The van der Waals surface area contributed by atoms with Crippen molar-refractivity contribution in [1.82, 2.24) is 5.32 Å². The monoisotopic (exact) mass is 225 g/mol. The Morgan fingerprint density at radius 2 is 2.25 bits per heavy atom. The Bertz CT molecular complexity index is 379. The first kappa shape index (κ1) is 12.6. The Labute approximate surface area is 94.3 Å². The van der Waals surface area contributed by atoms with Crippen LogP contribution in [0.1, 0.15) is 22.8 Å². The number of halogens is 1. The minimum Gasteiger partial charge on any atom is -0.396 e. The zero-order valence-corrected chi connectivity index (χ0v) is 9.46. The third-order valence-electron chi connectivity index (χ3n) is 2.36. The van der Waals surface area contributed by atoms with Gasteiger partial charge in [-0.3, -0.25) is 4.79 Å². The molecule has 88 valence electrons. The number of carbonyl (C=O) groups is 1. The molecule has 1 amide bonds. The number of carbonyl (C=O) groups excluding carboxylic acids is 1. The summed E-state index contributed by atoms with van der Waals surface area (Å²) in [7, 11) is 0. The van der Waals surface area contributed by atoms with Crippen molar-refractivity contribution >= 4 is 5.91 Å². The summed E-state index contributed by atoms with van der Waals surface area (Å²) in [6, 6.07) is 4.37. The van der Waals surface area contributed by atoms with Crippen molar-refractivity contribution in [2.24, 2.45) is 5.92 Å². The summed E-state index contributed by atoms with van der Waals surface area (Å²) in [5, 5.41) is 11.4.